The topological polar surface area (TPSA) is 33.6 Å². The molecule has 2 aromatic rings. The summed E-state index contributed by atoms with van der Waals surface area (Å²) < 4.78 is 21.4. The van der Waals surface area contributed by atoms with Gasteiger partial charge in [-0.1, -0.05) is 41.9 Å². The minimum atomic E-state index is -1.73. The van der Waals surface area contributed by atoms with Crippen LogP contribution in [-0.4, -0.2) is 12.5 Å². The Balaban J connectivity index is 2.18. The molecule has 0 fully saturated rings. The average Bonchev–Trinajstić information content (AvgIpc) is 2.47. The third-order valence-corrected chi connectivity index (χ3v) is 3.81. The van der Waals surface area contributed by atoms with Gasteiger partial charge in [0.15, 0.2) is 5.60 Å². The molecule has 1 aliphatic heterocycles. The number of amidine groups is 1. The van der Waals surface area contributed by atoms with E-state index in [1.165, 1.54) is 6.92 Å². The van der Waals surface area contributed by atoms with Crippen LogP contribution in [0.25, 0.3) is 0 Å². The summed E-state index contributed by atoms with van der Waals surface area (Å²) in [5, 5.41) is 3.65. The van der Waals surface area contributed by atoms with Gasteiger partial charge >= 0.3 is 0 Å². The Hall–Kier alpha value is -2.00. The van der Waals surface area contributed by atoms with Crippen LogP contribution in [0.2, 0.25) is 5.02 Å². The molecule has 0 aliphatic carbocycles. The maximum Gasteiger partial charge on any atom is 0.290 e. The molecule has 0 bridgehead atoms. The summed E-state index contributed by atoms with van der Waals surface area (Å²) in [7, 11) is 0. The monoisotopic (exact) mass is 302 g/mol. The highest BCUT2D eigenvalue weighted by Gasteiger charge is 2.38. The number of nitrogens with zero attached hydrogens (tertiary/aromatic N) is 1. The average molecular weight is 303 g/mol. The molecule has 1 heterocycles. The van der Waals surface area contributed by atoms with Gasteiger partial charge in [-0.05, 0) is 37.6 Å². The van der Waals surface area contributed by atoms with Gasteiger partial charge in [0.25, 0.3) is 6.02 Å². The lowest BCUT2D eigenvalue weighted by atomic mass is 9.86. The SMILES string of the molecule is [2H]C([2H])(C)N=C1Nc2ccc(Cl)cc2C(C)(c2ccccc2)O1. The molecule has 2 aromatic carbocycles. The van der Waals surface area contributed by atoms with Crippen LogP contribution in [0.4, 0.5) is 5.69 Å². The van der Waals surface area contributed by atoms with E-state index in [1.807, 2.05) is 49.4 Å². The van der Waals surface area contributed by atoms with Crippen molar-refractivity contribution in [2.75, 3.05) is 11.8 Å². The van der Waals surface area contributed by atoms with Gasteiger partial charge < -0.3 is 10.1 Å². The first-order chi connectivity index (χ1) is 10.8. The predicted octanol–water partition coefficient (Wildman–Crippen LogP) is 4.42. The Morgan fingerprint density at radius 3 is 2.76 bits per heavy atom. The maximum atomic E-state index is 7.66. The van der Waals surface area contributed by atoms with E-state index in [1.54, 1.807) is 6.07 Å². The molecule has 21 heavy (non-hydrogen) atoms. The summed E-state index contributed by atoms with van der Waals surface area (Å²) in [6.07, 6.45) is 0. The fourth-order valence-corrected chi connectivity index (χ4v) is 2.70. The third-order valence-electron chi connectivity index (χ3n) is 3.58. The highest BCUT2D eigenvalue weighted by Crippen LogP contribution is 2.41. The number of benzene rings is 2. The zero-order valence-electron chi connectivity index (χ0n) is 13.9. The van der Waals surface area contributed by atoms with Crippen LogP contribution in [-0.2, 0) is 10.3 Å². The van der Waals surface area contributed by atoms with Crippen molar-refractivity contribution in [3.8, 4) is 0 Å². The normalized spacial score (nSPS) is 24.4. The number of rotatable bonds is 2. The molecule has 0 spiro atoms. The van der Waals surface area contributed by atoms with Crippen LogP contribution in [0.5, 0.6) is 0 Å². The van der Waals surface area contributed by atoms with Gasteiger partial charge in [-0.2, -0.15) is 0 Å². The molecule has 4 heteroatoms. The van der Waals surface area contributed by atoms with E-state index in [2.05, 4.69) is 10.3 Å². The van der Waals surface area contributed by atoms with Crippen LogP contribution >= 0.6 is 11.6 Å². The summed E-state index contributed by atoms with van der Waals surface area (Å²) >= 11 is 6.16. The minimum absolute atomic E-state index is 0.152. The van der Waals surface area contributed by atoms with Crippen molar-refractivity contribution in [3.05, 3.63) is 64.7 Å². The molecule has 3 nitrogen and oxygen atoms in total. The smallest absolute Gasteiger partial charge is 0.290 e. The summed E-state index contributed by atoms with van der Waals surface area (Å²) in [5.41, 5.74) is 1.81. The molecular formula is C17H17ClN2O. The van der Waals surface area contributed by atoms with Gasteiger partial charge in [0.2, 0.25) is 0 Å². The highest BCUT2D eigenvalue weighted by molar-refractivity contribution is 6.30. The molecule has 0 amide bonds. The minimum Gasteiger partial charge on any atom is -0.449 e. The summed E-state index contributed by atoms with van der Waals surface area (Å²) in [6, 6.07) is 15.4. The summed E-state index contributed by atoms with van der Waals surface area (Å²) in [4.78, 5) is 3.99. The van der Waals surface area contributed by atoms with Crippen molar-refractivity contribution in [2.24, 2.45) is 4.99 Å². The first-order valence-corrected chi connectivity index (χ1v) is 7.07. The van der Waals surface area contributed by atoms with Crippen molar-refractivity contribution in [1.82, 2.24) is 0 Å². The van der Waals surface area contributed by atoms with Gasteiger partial charge in [0.1, 0.15) is 0 Å². The fourth-order valence-electron chi connectivity index (χ4n) is 2.53. The van der Waals surface area contributed by atoms with E-state index in [0.717, 1.165) is 16.8 Å². The van der Waals surface area contributed by atoms with Crippen molar-refractivity contribution >= 4 is 23.3 Å². The fraction of sp³-hybridized carbons (Fsp3) is 0.235. The highest BCUT2D eigenvalue weighted by atomic mass is 35.5. The quantitative estimate of drug-likeness (QED) is 0.891. The van der Waals surface area contributed by atoms with Crippen LogP contribution in [0.1, 0.15) is 27.7 Å². The number of anilines is 1. The molecule has 0 aromatic heterocycles. The van der Waals surface area contributed by atoms with E-state index in [-0.39, 0.29) is 6.02 Å². The van der Waals surface area contributed by atoms with Gasteiger partial charge in [0, 0.05) is 22.8 Å². The Bertz CT molecular complexity index is 759. The Morgan fingerprint density at radius 1 is 1.29 bits per heavy atom. The second kappa shape index (κ2) is 5.41. The zero-order chi connectivity index (χ0) is 16.7. The number of nitrogens with one attached hydrogen (secondary N) is 1. The molecule has 1 N–H and O–H groups in total. The summed E-state index contributed by atoms with van der Waals surface area (Å²) in [5.74, 6) is 0. The maximum absolute atomic E-state index is 7.66. The molecule has 108 valence electrons. The molecule has 0 radical (unpaired) electrons. The molecule has 0 saturated carbocycles. The van der Waals surface area contributed by atoms with Gasteiger partial charge in [-0.15, -0.1) is 0 Å². The van der Waals surface area contributed by atoms with E-state index in [0.29, 0.717) is 5.02 Å². The van der Waals surface area contributed by atoms with Crippen molar-refractivity contribution in [1.29, 1.82) is 0 Å². The zero-order valence-corrected chi connectivity index (χ0v) is 12.6. The van der Waals surface area contributed by atoms with Crippen molar-refractivity contribution in [2.45, 2.75) is 19.4 Å². The van der Waals surface area contributed by atoms with Crippen LogP contribution in [0, 0.1) is 0 Å². The van der Waals surface area contributed by atoms with E-state index in [9.17, 15) is 0 Å². The Labute approximate surface area is 132 Å². The summed E-state index contributed by atoms with van der Waals surface area (Å²) in [6.45, 7) is 1.57. The van der Waals surface area contributed by atoms with Gasteiger partial charge in [-0.3, -0.25) is 0 Å². The number of aliphatic imine (C=N–C) groups is 1. The van der Waals surface area contributed by atoms with Crippen LogP contribution in [0.15, 0.2) is 53.5 Å². The molecular weight excluding hydrogens is 284 g/mol. The van der Waals surface area contributed by atoms with Gasteiger partial charge in [0.05, 0.1) is 2.74 Å². The third kappa shape index (κ3) is 2.49. The van der Waals surface area contributed by atoms with Gasteiger partial charge in [-0.25, -0.2) is 4.99 Å². The molecule has 0 saturated heterocycles. The number of hydrogen-bond acceptors (Lipinski definition) is 2. The predicted molar refractivity (Wildman–Crippen MR) is 87.0 cm³/mol. The van der Waals surface area contributed by atoms with Crippen molar-refractivity contribution < 1.29 is 7.48 Å². The standard InChI is InChI=1S/C17H17ClN2O/c1-3-19-16-20-15-10-9-13(18)11-14(15)17(2,21-16)12-7-5-4-6-8-12/h4-11H,3H2,1-2H3,(H,19,20)/i3D2. The first kappa shape index (κ1) is 11.6. The molecule has 1 aliphatic rings. The largest absolute Gasteiger partial charge is 0.449 e. The van der Waals surface area contributed by atoms with E-state index < -0.39 is 12.1 Å². The second-order valence-electron chi connectivity index (χ2n) is 4.96. The number of hydrogen-bond donors (Lipinski definition) is 1. The molecule has 3 rings (SSSR count). The molecule has 1 atom stereocenters. The second-order valence-corrected chi connectivity index (χ2v) is 5.39. The number of halogens is 1. The van der Waals surface area contributed by atoms with Crippen molar-refractivity contribution in [3.63, 3.8) is 0 Å². The lowest BCUT2D eigenvalue weighted by Crippen LogP contribution is -2.39. The lowest BCUT2D eigenvalue weighted by molar-refractivity contribution is 0.112. The lowest BCUT2D eigenvalue weighted by Gasteiger charge is -2.38. The van der Waals surface area contributed by atoms with E-state index in [4.69, 9.17) is 19.1 Å². The molecule has 1 unspecified atom stereocenters. The number of fused-ring (bicyclic) bond motifs is 1. The Kier molecular flexibility index (Phi) is 3.00. The number of ether oxygens (including phenoxy) is 1. The Morgan fingerprint density at radius 2 is 2.05 bits per heavy atom. The van der Waals surface area contributed by atoms with Crippen LogP contribution in [0.3, 0.4) is 0 Å². The first-order valence-electron chi connectivity index (χ1n) is 7.69. The van der Waals surface area contributed by atoms with Crippen LogP contribution < -0.4 is 5.32 Å². The van der Waals surface area contributed by atoms with E-state index >= 15 is 0 Å².